The first-order chi connectivity index (χ1) is 11.0. The molecule has 3 aromatic rings. The van der Waals surface area contributed by atoms with Gasteiger partial charge in [0.2, 0.25) is 0 Å². The van der Waals surface area contributed by atoms with Gasteiger partial charge in [-0.25, -0.2) is 4.98 Å². The van der Waals surface area contributed by atoms with Crippen LogP contribution in [0.2, 0.25) is 0 Å². The van der Waals surface area contributed by atoms with Crippen molar-refractivity contribution < 1.29 is 4.79 Å². The summed E-state index contributed by atoms with van der Waals surface area (Å²) in [6.07, 6.45) is 0. The van der Waals surface area contributed by atoms with Crippen LogP contribution in [0.1, 0.15) is 27.0 Å². The molecule has 1 heterocycles. The lowest BCUT2D eigenvalue weighted by Gasteiger charge is -2.14. The number of imidazole rings is 1. The number of nitrogens with two attached hydrogens (primary N) is 1. The van der Waals surface area contributed by atoms with Gasteiger partial charge in [-0.1, -0.05) is 18.2 Å². The molecule has 1 aromatic heterocycles. The van der Waals surface area contributed by atoms with Crippen LogP contribution in [0.3, 0.4) is 0 Å². The molecule has 1 unspecified atom stereocenters. The summed E-state index contributed by atoms with van der Waals surface area (Å²) in [5.41, 5.74) is 9.32. The molecule has 1 atom stereocenters. The molecule has 0 radical (unpaired) electrons. The Kier molecular flexibility index (Phi) is 4.00. The zero-order valence-electron chi connectivity index (χ0n) is 12.9. The van der Waals surface area contributed by atoms with Crippen LogP contribution in [0.5, 0.6) is 0 Å². The molecule has 0 saturated carbocycles. The molecule has 0 aliphatic heterocycles. The van der Waals surface area contributed by atoms with E-state index in [0.717, 1.165) is 16.8 Å². The van der Waals surface area contributed by atoms with Gasteiger partial charge in [0, 0.05) is 19.8 Å². The Labute approximate surface area is 139 Å². The number of anilines is 1. The predicted octanol–water partition coefficient (Wildman–Crippen LogP) is 2.75. The number of H-pyrrole nitrogens is 1. The number of nitrogens with zero attached hydrogens (tertiary/aromatic N) is 2. The molecular formula is C17H18N4OS. The van der Waals surface area contributed by atoms with Gasteiger partial charge in [-0.3, -0.25) is 4.79 Å². The van der Waals surface area contributed by atoms with E-state index in [1.807, 2.05) is 49.3 Å². The number of nitrogens with one attached hydrogen (secondary N) is 1. The van der Waals surface area contributed by atoms with Gasteiger partial charge in [-0.2, -0.15) is 12.6 Å². The summed E-state index contributed by atoms with van der Waals surface area (Å²) < 4.78 is 0. The van der Waals surface area contributed by atoms with Gasteiger partial charge >= 0.3 is 0 Å². The zero-order valence-corrected chi connectivity index (χ0v) is 13.8. The molecule has 3 rings (SSSR count). The van der Waals surface area contributed by atoms with E-state index < -0.39 is 5.91 Å². The van der Waals surface area contributed by atoms with E-state index in [-0.39, 0.29) is 5.25 Å². The highest BCUT2D eigenvalue weighted by Gasteiger charge is 2.17. The van der Waals surface area contributed by atoms with Crippen molar-refractivity contribution in [3.63, 3.8) is 0 Å². The topological polar surface area (TPSA) is 75.0 Å². The number of carbonyl (C=O) groups excluding carboxylic acids is 1. The first-order valence-electron chi connectivity index (χ1n) is 7.21. The van der Waals surface area contributed by atoms with E-state index in [4.69, 9.17) is 5.73 Å². The number of para-hydroxylation sites is 1. The summed E-state index contributed by atoms with van der Waals surface area (Å²) in [5.74, 6) is 0.203. The second kappa shape index (κ2) is 5.96. The third-order valence-electron chi connectivity index (χ3n) is 3.78. The van der Waals surface area contributed by atoms with Gasteiger partial charge in [0.25, 0.3) is 5.91 Å². The number of rotatable bonds is 4. The van der Waals surface area contributed by atoms with Crippen molar-refractivity contribution in [2.24, 2.45) is 5.73 Å². The average molecular weight is 326 g/mol. The maximum atomic E-state index is 11.5. The van der Waals surface area contributed by atoms with Gasteiger partial charge in [-0.15, -0.1) is 0 Å². The van der Waals surface area contributed by atoms with Crippen molar-refractivity contribution in [1.82, 2.24) is 9.97 Å². The molecule has 0 fully saturated rings. The van der Waals surface area contributed by atoms with Gasteiger partial charge < -0.3 is 15.6 Å². The van der Waals surface area contributed by atoms with Crippen LogP contribution in [0.15, 0.2) is 42.5 Å². The summed E-state index contributed by atoms with van der Waals surface area (Å²) in [6, 6.07) is 13.4. The summed E-state index contributed by atoms with van der Waals surface area (Å²) in [5, 5.41) is -0.209. The first kappa shape index (κ1) is 15.4. The van der Waals surface area contributed by atoms with Crippen LogP contribution in [-0.4, -0.2) is 30.0 Å². The lowest BCUT2D eigenvalue weighted by atomic mass is 10.1. The van der Waals surface area contributed by atoms with E-state index in [1.165, 1.54) is 0 Å². The maximum Gasteiger partial charge on any atom is 0.250 e. The number of amides is 1. The van der Waals surface area contributed by atoms with Gasteiger partial charge in [0.1, 0.15) is 11.3 Å². The molecule has 0 spiro atoms. The summed E-state index contributed by atoms with van der Waals surface area (Å²) >= 11 is 4.67. The van der Waals surface area contributed by atoms with Crippen molar-refractivity contribution in [2.75, 3.05) is 19.0 Å². The van der Waals surface area contributed by atoms with Crippen LogP contribution in [0.4, 0.5) is 5.69 Å². The van der Waals surface area contributed by atoms with Crippen molar-refractivity contribution in [3.8, 4) is 0 Å². The van der Waals surface area contributed by atoms with E-state index in [1.54, 1.807) is 12.1 Å². The Bertz CT molecular complexity index is 855. The number of carbonyl (C=O) groups is 1. The Morgan fingerprint density at radius 3 is 2.52 bits per heavy atom. The molecule has 118 valence electrons. The largest absolute Gasteiger partial charge is 0.378 e. The summed E-state index contributed by atoms with van der Waals surface area (Å²) in [4.78, 5) is 21.3. The SMILES string of the molecule is CN(C)c1ccc(C(S)c2nc3c(C(N)=O)cccc3[nH]2)cc1. The van der Waals surface area contributed by atoms with Gasteiger partial charge in [0.15, 0.2) is 0 Å². The minimum atomic E-state index is -0.486. The molecule has 0 saturated heterocycles. The number of hydrogen-bond donors (Lipinski definition) is 3. The number of aromatic amines is 1. The molecule has 0 aliphatic carbocycles. The molecule has 23 heavy (non-hydrogen) atoms. The molecule has 6 heteroatoms. The van der Waals surface area contributed by atoms with Gasteiger partial charge in [0.05, 0.1) is 16.3 Å². The Hall–Kier alpha value is -2.47. The molecule has 3 N–H and O–H groups in total. The predicted molar refractivity (Wildman–Crippen MR) is 96.2 cm³/mol. The first-order valence-corrected chi connectivity index (χ1v) is 7.73. The number of benzene rings is 2. The fraction of sp³-hybridized carbons (Fsp3) is 0.176. The molecule has 1 amide bonds. The fourth-order valence-corrected chi connectivity index (χ4v) is 2.79. The number of hydrogen-bond acceptors (Lipinski definition) is 4. The highest BCUT2D eigenvalue weighted by Crippen LogP contribution is 2.29. The van der Waals surface area contributed by atoms with Crippen molar-refractivity contribution in [2.45, 2.75) is 5.25 Å². The van der Waals surface area contributed by atoms with Crippen LogP contribution in [0.25, 0.3) is 11.0 Å². The van der Waals surface area contributed by atoms with Crippen LogP contribution in [0, 0.1) is 0 Å². The Morgan fingerprint density at radius 1 is 1.22 bits per heavy atom. The Morgan fingerprint density at radius 2 is 1.91 bits per heavy atom. The van der Waals surface area contributed by atoms with E-state index in [0.29, 0.717) is 16.9 Å². The van der Waals surface area contributed by atoms with Crippen LogP contribution >= 0.6 is 12.6 Å². The normalized spacial score (nSPS) is 12.3. The second-order valence-electron chi connectivity index (χ2n) is 5.58. The highest BCUT2D eigenvalue weighted by molar-refractivity contribution is 7.80. The monoisotopic (exact) mass is 326 g/mol. The smallest absolute Gasteiger partial charge is 0.250 e. The molecular weight excluding hydrogens is 308 g/mol. The van der Waals surface area contributed by atoms with E-state index in [2.05, 4.69) is 22.6 Å². The van der Waals surface area contributed by atoms with Gasteiger partial charge in [-0.05, 0) is 29.8 Å². The second-order valence-corrected chi connectivity index (χ2v) is 6.09. The lowest BCUT2D eigenvalue weighted by Crippen LogP contribution is -2.11. The van der Waals surface area contributed by atoms with Crippen molar-refractivity contribution in [1.29, 1.82) is 0 Å². The fourth-order valence-electron chi connectivity index (χ4n) is 2.49. The molecule has 2 aromatic carbocycles. The third kappa shape index (κ3) is 2.90. The number of thiol groups is 1. The molecule has 0 aliphatic rings. The van der Waals surface area contributed by atoms with E-state index >= 15 is 0 Å². The lowest BCUT2D eigenvalue weighted by molar-refractivity contribution is 0.100. The van der Waals surface area contributed by atoms with Crippen molar-refractivity contribution >= 4 is 35.3 Å². The minimum Gasteiger partial charge on any atom is -0.378 e. The van der Waals surface area contributed by atoms with Crippen LogP contribution in [-0.2, 0) is 0 Å². The molecule has 0 bridgehead atoms. The summed E-state index contributed by atoms with van der Waals surface area (Å²) in [7, 11) is 4.00. The molecule has 5 nitrogen and oxygen atoms in total. The highest BCUT2D eigenvalue weighted by atomic mass is 32.1. The quantitative estimate of drug-likeness (QED) is 0.645. The summed E-state index contributed by atoms with van der Waals surface area (Å²) in [6.45, 7) is 0. The van der Waals surface area contributed by atoms with Crippen LogP contribution < -0.4 is 10.6 Å². The maximum absolute atomic E-state index is 11.5. The van der Waals surface area contributed by atoms with E-state index in [9.17, 15) is 4.79 Å². The average Bonchev–Trinajstić information content (AvgIpc) is 2.97. The standard InChI is InChI=1S/C17H18N4OS/c1-21(2)11-8-6-10(7-9-11)15(23)17-19-13-5-3-4-12(16(18)22)14(13)20-17/h3-9,15,23H,1-2H3,(H2,18,22)(H,19,20). The minimum absolute atomic E-state index is 0.209. The number of primary amides is 1. The number of fused-ring (bicyclic) bond motifs is 1. The third-order valence-corrected chi connectivity index (χ3v) is 4.32. The Balaban J connectivity index is 1.99. The number of aromatic nitrogens is 2. The zero-order chi connectivity index (χ0) is 16.6. The van der Waals surface area contributed by atoms with Crippen molar-refractivity contribution in [3.05, 3.63) is 59.4 Å².